The fourth-order valence-electron chi connectivity index (χ4n) is 2.68. The molecule has 2 aromatic rings. The molecule has 1 aliphatic heterocycles. The van der Waals surface area contributed by atoms with Gasteiger partial charge in [0, 0.05) is 30.9 Å². The summed E-state index contributed by atoms with van der Waals surface area (Å²) < 4.78 is 31.3. The van der Waals surface area contributed by atoms with Gasteiger partial charge >= 0.3 is 0 Å². The second-order valence-electron chi connectivity index (χ2n) is 5.20. The van der Waals surface area contributed by atoms with Crippen molar-refractivity contribution >= 4 is 10.0 Å². The minimum atomic E-state index is -3.50. The normalized spacial score (nSPS) is 18.0. The molecule has 1 aliphatic rings. The first-order chi connectivity index (χ1) is 10.1. The SMILES string of the molecule is Cc1nocc1S(=O)(=O)N1CCC(c2ccccn2)CC1. The standard InChI is InChI=1S/C14H17N3O3S/c1-11-14(10-20-16-11)21(18,19)17-8-5-12(6-9-17)13-4-2-3-7-15-13/h2-4,7,10,12H,5-6,8-9H2,1H3. The van der Waals surface area contributed by atoms with Gasteiger partial charge < -0.3 is 4.52 Å². The van der Waals surface area contributed by atoms with Crippen LogP contribution in [0.4, 0.5) is 0 Å². The summed E-state index contributed by atoms with van der Waals surface area (Å²) in [5.41, 5.74) is 1.44. The van der Waals surface area contributed by atoms with E-state index in [9.17, 15) is 8.42 Å². The van der Waals surface area contributed by atoms with E-state index in [1.54, 1.807) is 13.1 Å². The van der Waals surface area contributed by atoms with Crippen LogP contribution in [0.15, 0.2) is 40.1 Å². The summed E-state index contributed by atoms with van der Waals surface area (Å²) in [5.74, 6) is 0.321. The van der Waals surface area contributed by atoms with Gasteiger partial charge in [0.25, 0.3) is 0 Å². The quantitative estimate of drug-likeness (QED) is 0.866. The number of nitrogens with zero attached hydrogens (tertiary/aromatic N) is 3. The number of hydrogen-bond acceptors (Lipinski definition) is 5. The summed E-state index contributed by atoms with van der Waals surface area (Å²) in [4.78, 5) is 4.53. The second-order valence-corrected chi connectivity index (χ2v) is 7.10. The lowest BCUT2D eigenvalue weighted by Crippen LogP contribution is -2.38. The van der Waals surface area contributed by atoms with Crippen LogP contribution in [0.3, 0.4) is 0 Å². The maximum Gasteiger partial charge on any atom is 0.248 e. The van der Waals surface area contributed by atoms with Crippen LogP contribution < -0.4 is 0 Å². The third-order valence-electron chi connectivity index (χ3n) is 3.88. The molecule has 6 nitrogen and oxygen atoms in total. The van der Waals surface area contributed by atoms with Crippen LogP contribution in [-0.4, -0.2) is 36.0 Å². The van der Waals surface area contributed by atoms with Gasteiger partial charge in [0.05, 0.1) is 0 Å². The van der Waals surface area contributed by atoms with E-state index >= 15 is 0 Å². The zero-order chi connectivity index (χ0) is 14.9. The summed E-state index contributed by atoms with van der Waals surface area (Å²) in [6.45, 7) is 2.62. The molecule has 0 N–H and O–H groups in total. The van der Waals surface area contributed by atoms with Gasteiger partial charge in [-0.3, -0.25) is 4.98 Å². The highest BCUT2D eigenvalue weighted by Crippen LogP contribution is 2.30. The van der Waals surface area contributed by atoms with Gasteiger partial charge in [0.2, 0.25) is 10.0 Å². The van der Waals surface area contributed by atoms with Crippen LogP contribution in [0.2, 0.25) is 0 Å². The average molecular weight is 307 g/mol. The molecule has 0 unspecified atom stereocenters. The predicted molar refractivity (Wildman–Crippen MR) is 76.2 cm³/mol. The molecule has 1 fully saturated rings. The third-order valence-corrected chi connectivity index (χ3v) is 5.88. The number of aryl methyl sites for hydroxylation is 1. The smallest absolute Gasteiger partial charge is 0.248 e. The molecule has 0 aliphatic carbocycles. The van der Waals surface area contributed by atoms with Crippen molar-refractivity contribution in [3.63, 3.8) is 0 Å². The van der Waals surface area contributed by atoms with Crippen molar-refractivity contribution in [2.75, 3.05) is 13.1 Å². The number of hydrogen-bond donors (Lipinski definition) is 0. The zero-order valence-corrected chi connectivity index (χ0v) is 12.6. The third kappa shape index (κ3) is 2.71. The number of sulfonamides is 1. The van der Waals surface area contributed by atoms with Crippen LogP contribution in [0.1, 0.15) is 30.1 Å². The van der Waals surface area contributed by atoms with Crippen LogP contribution in [0.25, 0.3) is 0 Å². The van der Waals surface area contributed by atoms with Crippen molar-refractivity contribution in [3.8, 4) is 0 Å². The predicted octanol–water partition coefficient (Wildman–Crippen LogP) is 1.95. The van der Waals surface area contributed by atoms with Crippen molar-refractivity contribution < 1.29 is 12.9 Å². The minimum Gasteiger partial charge on any atom is -0.363 e. The molecule has 0 radical (unpaired) electrons. The van der Waals surface area contributed by atoms with E-state index in [1.807, 2.05) is 18.2 Å². The Kier molecular flexibility index (Phi) is 3.77. The fourth-order valence-corrected chi connectivity index (χ4v) is 4.22. The van der Waals surface area contributed by atoms with Gasteiger partial charge in [-0.15, -0.1) is 0 Å². The maximum atomic E-state index is 12.5. The van der Waals surface area contributed by atoms with Crippen LogP contribution >= 0.6 is 0 Å². The highest BCUT2D eigenvalue weighted by atomic mass is 32.2. The van der Waals surface area contributed by atoms with E-state index in [-0.39, 0.29) is 4.90 Å². The first-order valence-corrected chi connectivity index (χ1v) is 8.35. The van der Waals surface area contributed by atoms with Gasteiger partial charge in [-0.25, -0.2) is 8.42 Å². The molecule has 0 saturated carbocycles. The van der Waals surface area contributed by atoms with E-state index < -0.39 is 10.0 Å². The zero-order valence-electron chi connectivity index (χ0n) is 11.8. The Hall–Kier alpha value is -1.73. The summed E-state index contributed by atoms with van der Waals surface area (Å²) in [6, 6.07) is 5.85. The highest BCUT2D eigenvalue weighted by Gasteiger charge is 2.32. The van der Waals surface area contributed by atoms with Gasteiger partial charge in [0.15, 0.2) is 0 Å². The van der Waals surface area contributed by atoms with E-state index in [1.165, 1.54) is 10.6 Å². The first-order valence-electron chi connectivity index (χ1n) is 6.91. The Morgan fingerprint density at radius 2 is 2.05 bits per heavy atom. The van der Waals surface area contributed by atoms with E-state index in [0.717, 1.165) is 18.5 Å². The Morgan fingerprint density at radius 3 is 2.62 bits per heavy atom. The Labute approximate surface area is 123 Å². The second kappa shape index (κ2) is 5.57. The minimum absolute atomic E-state index is 0.166. The molecule has 0 spiro atoms. The summed E-state index contributed by atoms with van der Waals surface area (Å²) in [5, 5.41) is 3.65. The number of rotatable bonds is 3. The van der Waals surface area contributed by atoms with Gasteiger partial charge in [-0.2, -0.15) is 4.31 Å². The molecular formula is C14H17N3O3S. The summed E-state index contributed by atoms with van der Waals surface area (Å²) in [7, 11) is -3.50. The molecular weight excluding hydrogens is 290 g/mol. The van der Waals surface area contributed by atoms with Crippen molar-refractivity contribution in [2.45, 2.75) is 30.6 Å². The molecule has 3 heterocycles. The van der Waals surface area contributed by atoms with Crippen molar-refractivity contribution in [1.29, 1.82) is 0 Å². The molecule has 2 aromatic heterocycles. The average Bonchev–Trinajstić information content (AvgIpc) is 2.95. The molecule has 112 valence electrons. The van der Waals surface area contributed by atoms with Crippen molar-refractivity contribution in [2.24, 2.45) is 0 Å². The maximum absolute atomic E-state index is 12.5. The molecule has 0 bridgehead atoms. The molecule has 7 heteroatoms. The monoisotopic (exact) mass is 307 g/mol. The lowest BCUT2D eigenvalue weighted by atomic mass is 9.94. The Balaban J connectivity index is 1.73. The van der Waals surface area contributed by atoms with E-state index in [0.29, 0.717) is 24.7 Å². The fraction of sp³-hybridized carbons (Fsp3) is 0.429. The largest absolute Gasteiger partial charge is 0.363 e. The molecule has 1 saturated heterocycles. The molecule has 21 heavy (non-hydrogen) atoms. The lowest BCUT2D eigenvalue weighted by Gasteiger charge is -2.30. The molecule has 0 atom stereocenters. The van der Waals surface area contributed by atoms with Crippen molar-refractivity contribution in [1.82, 2.24) is 14.4 Å². The number of pyridine rings is 1. The van der Waals surface area contributed by atoms with E-state index in [2.05, 4.69) is 10.1 Å². The molecule has 0 amide bonds. The lowest BCUT2D eigenvalue weighted by molar-refractivity contribution is 0.316. The number of aromatic nitrogens is 2. The van der Waals surface area contributed by atoms with Crippen LogP contribution in [-0.2, 0) is 10.0 Å². The molecule has 0 aromatic carbocycles. The van der Waals surface area contributed by atoms with Gasteiger partial charge in [0.1, 0.15) is 16.9 Å². The summed E-state index contributed by atoms with van der Waals surface area (Å²) in [6.07, 6.45) is 4.54. The van der Waals surface area contributed by atoms with Crippen LogP contribution in [0, 0.1) is 6.92 Å². The Morgan fingerprint density at radius 1 is 1.29 bits per heavy atom. The number of piperidine rings is 1. The Bertz CT molecular complexity index is 704. The van der Waals surface area contributed by atoms with Gasteiger partial charge in [-0.1, -0.05) is 11.2 Å². The van der Waals surface area contributed by atoms with E-state index in [4.69, 9.17) is 4.52 Å². The first kappa shape index (κ1) is 14.2. The van der Waals surface area contributed by atoms with Gasteiger partial charge in [-0.05, 0) is 31.9 Å². The topological polar surface area (TPSA) is 76.3 Å². The summed E-state index contributed by atoms with van der Waals surface area (Å²) >= 11 is 0. The van der Waals surface area contributed by atoms with Crippen molar-refractivity contribution in [3.05, 3.63) is 42.0 Å². The van der Waals surface area contributed by atoms with Crippen LogP contribution in [0.5, 0.6) is 0 Å². The molecule has 3 rings (SSSR count). The highest BCUT2D eigenvalue weighted by molar-refractivity contribution is 7.89.